The third-order valence-corrected chi connectivity index (χ3v) is 12.8. The Labute approximate surface area is 360 Å². The molecule has 0 aliphatic heterocycles. The number of thioether (sulfide) groups is 2. The normalized spacial score (nSPS) is 12.8. The highest BCUT2D eigenvalue weighted by molar-refractivity contribution is 8.16. The van der Waals surface area contributed by atoms with E-state index in [-0.39, 0.29) is 11.1 Å². The molecule has 10 heteroatoms. The van der Waals surface area contributed by atoms with Crippen molar-refractivity contribution in [2.75, 3.05) is 19.8 Å². The summed E-state index contributed by atoms with van der Waals surface area (Å²) < 4.78 is 39.4. The molecule has 0 amide bonds. The zero-order valence-corrected chi connectivity index (χ0v) is 36.4. The van der Waals surface area contributed by atoms with E-state index in [0.717, 1.165) is 48.3 Å². The van der Waals surface area contributed by atoms with Gasteiger partial charge in [0.25, 0.3) is 0 Å². The van der Waals surface area contributed by atoms with Crippen LogP contribution in [-0.2, 0) is 21.0 Å². The molecule has 0 spiro atoms. The van der Waals surface area contributed by atoms with Gasteiger partial charge in [-0.3, -0.25) is 0 Å². The van der Waals surface area contributed by atoms with Gasteiger partial charge in [0.2, 0.25) is 0 Å². The minimum Gasteiger partial charge on any atom is -0.494 e. The summed E-state index contributed by atoms with van der Waals surface area (Å²) in [6, 6.07) is 32.3. The second kappa shape index (κ2) is 28.5. The van der Waals surface area contributed by atoms with Gasteiger partial charge in [0, 0.05) is 11.5 Å². The van der Waals surface area contributed by atoms with Gasteiger partial charge in [0.15, 0.2) is 12.3 Å². The van der Waals surface area contributed by atoms with Gasteiger partial charge in [-0.15, -0.1) is 23.5 Å². The highest BCUT2D eigenvalue weighted by Crippen LogP contribution is 2.37. The zero-order chi connectivity index (χ0) is 41.9. The van der Waals surface area contributed by atoms with Crippen LogP contribution in [0.25, 0.3) is 0 Å². The Kier molecular flexibility index (Phi) is 23.0. The van der Waals surface area contributed by atoms with E-state index in [9.17, 15) is 14.7 Å². The van der Waals surface area contributed by atoms with E-state index in [0.29, 0.717) is 24.7 Å². The highest BCUT2D eigenvalue weighted by Gasteiger charge is 2.39. The number of halogens is 1. The molecule has 0 saturated carbocycles. The van der Waals surface area contributed by atoms with Crippen molar-refractivity contribution in [2.45, 2.75) is 125 Å². The van der Waals surface area contributed by atoms with E-state index in [1.807, 2.05) is 48.5 Å². The molecule has 0 aliphatic carbocycles. The number of benzene rings is 4. The molecule has 0 radical (unpaired) electrons. The van der Waals surface area contributed by atoms with Crippen LogP contribution in [0, 0.1) is 0 Å². The van der Waals surface area contributed by atoms with Gasteiger partial charge >= 0.3 is 11.9 Å². The van der Waals surface area contributed by atoms with Crippen molar-refractivity contribution in [3.8, 4) is 11.5 Å². The van der Waals surface area contributed by atoms with Gasteiger partial charge in [-0.2, -0.15) is 0 Å². The maximum Gasteiger partial charge on any atom is 0.338 e. The SMILES string of the molecule is CCCCCCCCOc1ccc(CSC(SCc2ccc(OCCCCCCCC)cc2)C(F)C(OC(=O)c2ccccc2)C(O)COC(=O)c2ccccc2)cc1. The number of unbranched alkanes of at least 4 members (excludes halogenated alkanes) is 10. The summed E-state index contributed by atoms with van der Waals surface area (Å²) in [4.78, 5) is 26.1. The second-order valence-corrected chi connectivity index (χ2v) is 17.3. The summed E-state index contributed by atoms with van der Waals surface area (Å²) in [7, 11) is 0. The molecule has 0 aromatic heterocycles. The van der Waals surface area contributed by atoms with Crippen molar-refractivity contribution < 1.29 is 38.0 Å². The molecular weight excluding hydrogens is 784 g/mol. The highest BCUT2D eigenvalue weighted by atomic mass is 32.2. The Balaban J connectivity index is 1.45. The number of carbonyl (C=O) groups excluding carboxylic acids is 2. The first-order chi connectivity index (χ1) is 28.9. The van der Waals surface area contributed by atoms with Crippen molar-refractivity contribution in [3.05, 3.63) is 131 Å². The largest absolute Gasteiger partial charge is 0.494 e. The average molecular weight is 847 g/mol. The smallest absolute Gasteiger partial charge is 0.338 e. The molecule has 59 heavy (non-hydrogen) atoms. The molecule has 0 bridgehead atoms. The Morgan fingerprint density at radius 1 is 0.576 bits per heavy atom. The van der Waals surface area contributed by atoms with E-state index in [1.165, 1.54) is 74.9 Å². The van der Waals surface area contributed by atoms with E-state index >= 15 is 4.39 Å². The lowest BCUT2D eigenvalue weighted by Crippen LogP contribution is -2.45. The summed E-state index contributed by atoms with van der Waals surface area (Å²) in [5, 5.41) is 11.4. The molecule has 1 N–H and O–H groups in total. The Morgan fingerprint density at radius 3 is 1.46 bits per heavy atom. The van der Waals surface area contributed by atoms with Crippen LogP contribution in [0.4, 0.5) is 4.39 Å². The number of carbonyl (C=O) groups is 2. The molecule has 4 aromatic rings. The van der Waals surface area contributed by atoms with E-state index in [2.05, 4.69) is 13.8 Å². The summed E-state index contributed by atoms with van der Waals surface area (Å²) in [5.41, 5.74) is 2.45. The molecule has 0 fully saturated rings. The Morgan fingerprint density at radius 2 is 1.00 bits per heavy atom. The molecule has 0 saturated heterocycles. The second-order valence-electron chi connectivity index (χ2n) is 14.7. The first-order valence-electron chi connectivity index (χ1n) is 21.3. The van der Waals surface area contributed by atoms with Gasteiger partial charge in [0.05, 0.1) is 28.9 Å². The monoisotopic (exact) mass is 846 g/mol. The van der Waals surface area contributed by atoms with Crippen molar-refractivity contribution in [1.29, 1.82) is 0 Å². The minimum atomic E-state index is -1.84. The lowest BCUT2D eigenvalue weighted by molar-refractivity contribution is -0.0682. The number of esters is 2. The third-order valence-electron chi connectivity index (χ3n) is 9.81. The fourth-order valence-corrected chi connectivity index (χ4v) is 8.86. The predicted octanol–water partition coefficient (Wildman–Crippen LogP) is 12.4. The van der Waals surface area contributed by atoms with Crippen LogP contribution in [0.5, 0.6) is 11.5 Å². The summed E-state index contributed by atoms with van der Waals surface area (Å²) in [6.45, 7) is 5.20. The number of hydrogen-bond acceptors (Lipinski definition) is 9. The summed E-state index contributed by atoms with van der Waals surface area (Å²) in [5.74, 6) is 1.05. The molecule has 3 atom stereocenters. The lowest BCUT2D eigenvalue weighted by atomic mass is 10.1. The molecule has 7 nitrogen and oxygen atoms in total. The first kappa shape index (κ1) is 47.7. The first-order valence-corrected chi connectivity index (χ1v) is 23.4. The van der Waals surface area contributed by atoms with E-state index < -0.39 is 41.5 Å². The van der Waals surface area contributed by atoms with E-state index in [1.54, 1.807) is 60.7 Å². The molecule has 4 aromatic carbocycles. The summed E-state index contributed by atoms with van der Waals surface area (Å²) >= 11 is 2.73. The molecule has 0 aliphatic rings. The maximum absolute atomic E-state index is 17.1. The molecule has 4 rings (SSSR count). The number of rotatable bonds is 30. The van der Waals surface area contributed by atoms with Crippen LogP contribution in [0.15, 0.2) is 109 Å². The summed E-state index contributed by atoms with van der Waals surface area (Å²) in [6.07, 6.45) is 9.20. The van der Waals surface area contributed by atoms with Crippen LogP contribution in [0.1, 0.15) is 123 Å². The van der Waals surface area contributed by atoms with Gasteiger partial charge in [-0.05, 0) is 72.5 Å². The molecule has 0 heterocycles. The van der Waals surface area contributed by atoms with Crippen LogP contribution < -0.4 is 9.47 Å². The number of ether oxygens (including phenoxy) is 4. The number of alkyl halides is 1. The maximum atomic E-state index is 17.1. The van der Waals surface area contributed by atoms with Crippen molar-refractivity contribution >= 4 is 35.5 Å². The van der Waals surface area contributed by atoms with Gasteiger partial charge in [-0.25, -0.2) is 14.0 Å². The van der Waals surface area contributed by atoms with Gasteiger partial charge in [0.1, 0.15) is 24.2 Å². The Hall–Kier alpha value is -3.99. The zero-order valence-electron chi connectivity index (χ0n) is 34.8. The third kappa shape index (κ3) is 18.4. The van der Waals surface area contributed by atoms with Crippen LogP contribution >= 0.6 is 23.5 Å². The van der Waals surface area contributed by atoms with Crippen LogP contribution in [-0.4, -0.2) is 59.8 Å². The molecule has 320 valence electrons. The van der Waals surface area contributed by atoms with Crippen molar-refractivity contribution in [2.24, 2.45) is 0 Å². The predicted molar refractivity (Wildman–Crippen MR) is 240 cm³/mol. The van der Waals surface area contributed by atoms with Crippen LogP contribution in [0.2, 0.25) is 0 Å². The van der Waals surface area contributed by atoms with Crippen LogP contribution in [0.3, 0.4) is 0 Å². The van der Waals surface area contributed by atoms with Crippen molar-refractivity contribution in [1.82, 2.24) is 0 Å². The average Bonchev–Trinajstić information content (AvgIpc) is 3.27. The quantitative estimate of drug-likeness (QED) is 0.0313. The fraction of sp³-hybridized carbons (Fsp3) is 0.469. The van der Waals surface area contributed by atoms with Crippen molar-refractivity contribution in [3.63, 3.8) is 0 Å². The standard InChI is InChI=1S/C49H63FO7S2/c1-3-5-7-9-11-19-33-54-42-29-25-38(26-30-42)36-58-49(59-37-39-27-31-43(32-28-39)55-34-20-12-10-8-6-4-2)45(50)46(57-48(53)41-23-17-14-18-24-41)44(51)35-56-47(52)40-21-15-13-16-22-40/h13-18,21-32,44-46,49,51H,3-12,19-20,33-37H2,1-2H3. The number of aliphatic hydroxyl groups is 1. The lowest BCUT2D eigenvalue weighted by Gasteiger charge is -2.30. The van der Waals surface area contributed by atoms with Gasteiger partial charge < -0.3 is 24.1 Å². The number of aliphatic hydroxyl groups excluding tert-OH is 1. The molecular formula is C49H63FO7S2. The molecule has 3 unspecified atom stereocenters. The topological polar surface area (TPSA) is 91.3 Å². The van der Waals surface area contributed by atoms with Gasteiger partial charge in [-0.1, -0.05) is 139 Å². The Bertz CT molecular complexity index is 1640. The van der Waals surface area contributed by atoms with E-state index in [4.69, 9.17) is 18.9 Å². The fourth-order valence-electron chi connectivity index (χ4n) is 6.29. The number of hydrogen-bond donors (Lipinski definition) is 1. The minimum absolute atomic E-state index is 0.215.